The van der Waals surface area contributed by atoms with Crippen LogP contribution in [0.15, 0.2) is 12.2 Å². The molecule has 31 heavy (non-hydrogen) atoms. The highest BCUT2D eigenvalue weighted by Gasteiger charge is 2.94. The zero-order valence-corrected chi connectivity index (χ0v) is 20.2. The summed E-state index contributed by atoms with van der Waals surface area (Å²) >= 11 is 0. The van der Waals surface area contributed by atoms with Crippen molar-refractivity contribution in [3.63, 3.8) is 0 Å². The monoisotopic (exact) mass is 430 g/mol. The molecule has 0 aromatic carbocycles. The summed E-state index contributed by atoms with van der Waals surface area (Å²) in [5.74, 6) is 2.26. The second-order valence-electron chi connectivity index (χ2n) is 13.0. The van der Waals surface area contributed by atoms with E-state index in [-0.39, 0.29) is 28.1 Å². The molecule has 174 valence electrons. The van der Waals surface area contributed by atoms with Gasteiger partial charge in [-0.15, -0.1) is 0 Å². The van der Waals surface area contributed by atoms with Crippen LogP contribution < -0.4 is 0 Å². The zero-order chi connectivity index (χ0) is 21.9. The van der Waals surface area contributed by atoms with Gasteiger partial charge in [0.15, 0.2) is 0 Å². The molecule has 4 nitrogen and oxygen atoms in total. The smallest absolute Gasteiger partial charge is 0.149 e. The molecule has 1 N–H and O–H groups in total. The Kier molecular flexibility index (Phi) is 4.21. The molecular formula is C27H42O4. The lowest BCUT2D eigenvalue weighted by atomic mass is 9.43. The van der Waals surface area contributed by atoms with Crippen LogP contribution in [0.1, 0.15) is 98.8 Å². The Morgan fingerprint density at radius 3 is 2.52 bits per heavy atom. The molecule has 4 aliphatic carbocycles. The van der Waals surface area contributed by atoms with Crippen molar-refractivity contribution in [1.82, 2.24) is 0 Å². The van der Waals surface area contributed by atoms with Crippen LogP contribution in [0.4, 0.5) is 0 Å². The number of aliphatic hydroxyl groups is 1. The van der Waals surface area contributed by atoms with Gasteiger partial charge in [-0.2, -0.15) is 0 Å². The quantitative estimate of drug-likeness (QED) is 0.344. The van der Waals surface area contributed by atoms with E-state index in [4.69, 9.17) is 14.5 Å². The van der Waals surface area contributed by atoms with E-state index in [0.717, 1.165) is 49.9 Å². The largest absolute Gasteiger partial charge is 0.393 e. The number of epoxide rings is 1. The lowest BCUT2D eigenvalue weighted by Gasteiger charge is -2.58. The normalized spacial score (nSPS) is 57.3. The molecule has 3 saturated carbocycles. The van der Waals surface area contributed by atoms with Gasteiger partial charge in [0.2, 0.25) is 0 Å². The van der Waals surface area contributed by atoms with E-state index in [0.29, 0.717) is 6.42 Å². The molecule has 6 rings (SSSR count). The third-order valence-corrected chi connectivity index (χ3v) is 11.4. The van der Waals surface area contributed by atoms with Gasteiger partial charge in [0.1, 0.15) is 22.4 Å². The van der Waals surface area contributed by atoms with Crippen molar-refractivity contribution < 1.29 is 19.6 Å². The molecule has 2 aliphatic heterocycles. The average Bonchev–Trinajstić information content (AvgIpc) is 3.25. The average molecular weight is 431 g/mol. The van der Waals surface area contributed by atoms with Crippen molar-refractivity contribution in [2.75, 3.05) is 0 Å². The summed E-state index contributed by atoms with van der Waals surface area (Å²) < 4.78 is 7.01. The summed E-state index contributed by atoms with van der Waals surface area (Å²) in [6, 6.07) is 0. The van der Waals surface area contributed by atoms with Crippen molar-refractivity contribution >= 4 is 0 Å². The Labute approximate surface area is 188 Å². The van der Waals surface area contributed by atoms with Crippen LogP contribution in [0, 0.1) is 28.6 Å². The van der Waals surface area contributed by atoms with E-state index in [1.807, 2.05) is 0 Å². The van der Waals surface area contributed by atoms with E-state index in [1.54, 1.807) is 0 Å². The van der Waals surface area contributed by atoms with Gasteiger partial charge >= 0.3 is 0 Å². The molecule has 6 aliphatic rings. The Balaban J connectivity index is 1.34. The summed E-state index contributed by atoms with van der Waals surface area (Å²) in [5.41, 5.74) is -1.31. The van der Waals surface area contributed by atoms with Crippen molar-refractivity contribution in [3.8, 4) is 0 Å². The van der Waals surface area contributed by atoms with Gasteiger partial charge in [-0.1, -0.05) is 53.9 Å². The molecule has 2 heterocycles. The Morgan fingerprint density at radius 2 is 1.74 bits per heavy atom. The van der Waals surface area contributed by atoms with Gasteiger partial charge in [0.25, 0.3) is 0 Å². The first-order valence-corrected chi connectivity index (χ1v) is 13.1. The third kappa shape index (κ3) is 2.14. The molecule has 4 heteroatoms. The minimum atomic E-state index is -0.501. The van der Waals surface area contributed by atoms with Gasteiger partial charge in [-0.05, 0) is 68.4 Å². The molecule has 5 fully saturated rings. The molecular weight excluding hydrogens is 388 g/mol. The molecule has 2 bridgehead atoms. The highest BCUT2D eigenvalue weighted by atomic mass is 17.2. The van der Waals surface area contributed by atoms with Crippen LogP contribution in [-0.2, 0) is 14.5 Å². The molecule has 2 saturated heterocycles. The lowest BCUT2D eigenvalue weighted by Crippen LogP contribution is -2.69. The van der Waals surface area contributed by atoms with E-state index in [2.05, 4.69) is 46.8 Å². The van der Waals surface area contributed by atoms with Gasteiger partial charge in [-0.25, -0.2) is 9.78 Å². The fourth-order valence-electron chi connectivity index (χ4n) is 9.54. The van der Waals surface area contributed by atoms with Crippen LogP contribution in [0.2, 0.25) is 0 Å². The minimum absolute atomic E-state index is 0.106. The summed E-state index contributed by atoms with van der Waals surface area (Å²) in [7, 11) is 0. The molecule has 0 amide bonds. The van der Waals surface area contributed by atoms with Gasteiger partial charge in [0, 0.05) is 17.3 Å². The second kappa shape index (κ2) is 6.17. The van der Waals surface area contributed by atoms with Crippen LogP contribution in [0.25, 0.3) is 0 Å². The van der Waals surface area contributed by atoms with Crippen molar-refractivity contribution in [2.24, 2.45) is 28.6 Å². The van der Waals surface area contributed by atoms with Gasteiger partial charge < -0.3 is 9.84 Å². The predicted molar refractivity (Wildman–Crippen MR) is 119 cm³/mol. The summed E-state index contributed by atoms with van der Waals surface area (Å²) in [6.45, 7) is 12.1. The highest BCUT2D eigenvalue weighted by Crippen LogP contribution is 2.84. The summed E-state index contributed by atoms with van der Waals surface area (Å²) in [6.07, 6.45) is 15.2. The van der Waals surface area contributed by atoms with Gasteiger partial charge in [-0.3, -0.25) is 0 Å². The molecule has 0 aromatic heterocycles. The maximum atomic E-state index is 10.4. The van der Waals surface area contributed by atoms with Crippen molar-refractivity contribution in [3.05, 3.63) is 12.2 Å². The van der Waals surface area contributed by atoms with Crippen molar-refractivity contribution in [1.29, 1.82) is 0 Å². The third-order valence-electron chi connectivity index (χ3n) is 11.4. The first-order chi connectivity index (χ1) is 14.6. The Hall–Kier alpha value is -0.420. The lowest BCUT2D eigenvalue weighted by molar-refractivity contribution is -0.352. The second-order valence-corrected chi connectivity index (χ2v) is 13.0. The Bertz CT molecular complexity index is 809. The van der Waals surface area contributed by atoms with E-state index >= 15 is 0 Å². The maximum Gasteiger partial charge on any atom is 0.149 e. The fraction of sp³-hybridized carbons (Fsp3) is 0.926. The summed E-state index contributed by atoms with van der Waals surface area (Å²) in [5, 5.41) is 10.4. The van der Waals surface area contributed by atoms with E-state index < -0.39 is 11.2 Å². The molecule has 9 atom stereocenters. The van der Waals surface area contributed by atoms with Crippen LogP contribution in [0.5, 0.6) is 0 Å². The Morgan fingerprint density at radius 1 is 0.935 bits per heavy atom. The summed E-state index contributed by atoms with van der Waals surface area (Å²) in [4.78, 5) is 12.6. The molecule has 3 spiro atoms. The maximum absolute atomic E-state index is 10.4. The van der Waals surface area contributed by atoms with Crippen LogP contribution in [-0.4, -0.2) is 33.6 Å². The van der Waals surface area contributed by atoms with E-state index in [1.165, 1.54) is 25.7 Å². The SMILES string of the molecule is CC(C)CCC[C@@H](C)[C@H]1CC[C@@]23O[C@@]24C=C[C@@]25C[C@@H](O)CC[C@]2(C)[C@]4(CC[C@]13C)OO5. The topological polar surface area (TPSA) is 51.2 Å². The minimum Gasteiger partial charge on any atom is -0.393 e. The molecule has 0 unspecified atom stereocenters. The highest BCUT2D eigenvalue weighted by molar-refractivity contribution is 5.49. The predicted octanol–water partition coefficient (Wildman–Crippen LogP) is 5.73. The standard InChI is InChI=1S/C27H42O4/c1-18(2)7-6-8-19(3)21-10-12-25-22(21,4)13-15-26-23(5)11-9-20(28)17-24(23,30-31-26)14-16-27(25,26)29-25/h14,16,18-21,28H,6-13,15,17H2,1-5H3/t19-,20+,21-,22-,23+,24-,25+,26+,27+/m1/s1. The van der Waals surface area contributed by atoms with Crippen LogP contribution >= 0.6 is 0 Å². The first kappa shape index (κ1) is 21.1. The van der Waals surface area contributed by atoms with Crippen molar-refractivity contribution in [2.45, 2.75) is 127 Å². The van der Waals surface area contributed by atoms with Crippen LogP contribution in [0.3, 0.4) is 0 Å². The molecule has 0 radical (unpaired) electrons. The van der Waals surface area contributed by atoms with Gasteiger partial charge in [0.05, 0.1) is 6.10 Å². The first-order valence-electron chi connectivity index (χ1n) is 13.1. The zero-order valence-electron chi connectivity index (χ0n) is 20.2. The number of aliphatic hydroxyl groups excluding tert-OH is 1. The van der Waals surface area contributed by atoms with E-state index in [9.17, 15) is 5.11 Å². The number of hydrogen-bond donors (Lipinski definition) is 1. The number of rotatable bonds is 5. The fourth-order valence-corrected chi connectivity index (χ4v) is 9.54. The number of ether oxygens (including phenoxy) is 1. The number of hydrogen-bond acceptors (Lipinski definition) is 4. The molecule has 0 aromatic rings.